The van der Waals surface area contributed by atoms with Crippen LogP contribution in [-0.4, -0.2) is 52.5 Å². The maximum absolute atomic E-state index is 12.3. The fourth-order valence-electron chi connectivity index (χ4n) is 3.33. The number of rotatable bonds is 4. The van der Waals surface area contributed by atoms with Gasteiger partial charge in [-0.3, -0.25) is 15.0 Å². The number of likely N-dealkylation sites (tertiary alicyclic amines) is 1. The van der Waals surface area contributed by atoms with Gasteiger partial charge < -0.3 is 10.3 Å². The zero-order valence-corrected chi connectivity index (χ0v) is 14.7. The lowest BCUT2D eigenvalue weighted by Crippen LogP contribution is -2.51. The van der Waals surface area contributed by atoms with Gasteiger partial charge in [-0.2, -0.15) is 0 Å². The minimum Gasteiger partial charge on any atom is -0.342 e. The molecule has 0 aliphatic carbocycles. The summed E-state index contributed by atoms with van der Waals surface area (Å²) in [6, 6.07) is 7.20. The van der Waals surface area contributed by atoms with E-state index in [1.807, 2.05) is 38.1 Å². The first-order chi connectivity index (χ1) is 12.1. The topological polar surface area (TPSA) is 90.1 Å². The molecule has 1 aliphatic rings. The number of hydrogen-bond acceptors (Lipinski definition) is 4. The fourth-order valence-corrected chi connectivity index (χ4v) is 3.33. The van der Waals surface area contributed by atoms with Crippen LogP contribution in [0.25, 0.3) is 11.0 Å². The third-order valence-electron chi connectivity index (χ3n) is 4.75. The number of para-hydroxylation sites is 2. The Balaban J connectivity index is 1.66. The molecular formula is C18H25N5O2. The Morgan fingerprint density at radius 2 is 2.20 bits per heavy atom. The quantitative estimate of drug-likeness (QED) is 0.792. The number of carbonyl (C=O) groups is 2. The number of urea groups is 1. The van der Waals surface area contributed by atoms with Gasteiger partial charge in [-0.15, -0.1) is 0 Å². The van der Waals surface area contributed by atoms with Crippen molar-refractivity contribution in [3.8, 4) is 0 Å². The molecule has 2 heterocycles. The van der Waals surface area contributed by atoms with Crippen LogP contribution in [0.3, 0.4) is 0 Å². The highest BCUT2D eigenvalue weighted by molar-refractivity contribution is 5.96. The van der Waals surface area contributed by atoms with E-state index in [9.17, 15) is 9.59 Å². The Hall–Kier alpha value is -2.41. The Morgan fingerprint density at radius 1 is 1.40 bits per heavy atom. The van der Waals surface area contributed by atoms with E-state index >= 15 is 0 Å². The molecule has 1 fully saturated rings. The number of aromatic amines is 1. The predicted octanol–water partition coefficient (Wildman–Crippen LogP) is 1.98. The molecule has 0 radical (unpaired) electrons. The summed E-state index contributed by atoms with van der Waals surface area (Å²) in [6.45, 7) is 5.75. The minimum absolute atomic E-state index is 0.265. The van der Waals surface area contributed by atoms with E-state index in [2.05, 4.69) is 20.5 Å². The van der Waals surface area contributed by atoms with E-state index in [-0.39, 0.29) is 17.9 Å². The molecule has 1 aromatic carbocycles. The number of imidazole rings is 1. The van der Waals surface area contributed by atoms with Gasteiger partial charge in [-0.1, -0.05) is 12.1 Å². The van der Waals surface area contributed by atoms with Crippen molar-refractivity contribution in [2.75, 3.05) is 19.6 Å². The molecule has 3 rings (SSSR count). The highest BCUT2D eigenvalue weighted by Gasteiger charge is 2.30. The average molecular weight is 343 g/mol. The Morgan fingerprint density at radius 3 is 2.96 bits per heavy atom. The van der Waals surface area contributed by atoms with Crippen molar-refractivity contribution in [2.45, 2.75) is 38.6 Å². The van der Waals surface area contributed by atoms with Crippen LogP contribution >= 0.6 is 0 Å². The molecule has 134 valence electrons. The van der Waals surface area contributed by atoms with Gasteiger partial charge in [0.1, 0.15) is 5.82 Å². The molecule has 2 aromatic rings. The van der Waals surface area contributed by atoms with Gasteiger partial charge in [0.25, 0.3) is 0 Å². The van der Waals surface area contributed by atoms with Gasteiger partial charge >= 0.3 is 6.03 Å². The van der Waals surface area contributed by atoms with Crippen LogP contribution in [0.2, 0.25) is 0 Å². The van der Waals surface area contributed by atoms with Crippen LogP contribution in [0.5, 0.6) is 0 Å². The van der Waals surface area contributed by atoms with Crippen LogP contribution in [0.15, 0.2) is 24.3 Å². The van der Waals surface area contributed by atoms with Gasteiger partial charge in [-0.05, 0) is 45.4 Å². The lowest BCUT2D eigenvalue weighted by atomic mass is 9.96. The number of benzene rings is 1. The maximum Gasteiger partial charge on any atom is 0.321 e. The lowest BCUT2D eigenvalue weighted by Gasteiger charge is -2.35. The molecule has 2 atom stereocenters. The second-order valence-corrected chi connectivity index (χ2v) is 6.50. The molecule has 25 heavy (non-hydrogen) atoms. The molecule has 1 aliphatic heterocycles. The van der Waals surface area contributed by atoms with E-state index in [0.29, 0.717) is 6.54 Å². The first-order valence-electron chi connectivity index (χ1n) is 8.86. The van der Waals surface area contributed by atoms with E-state index in [1.165, 1.54) is 0 Å². The van der Waals surface area contributed by atoms with E-state index < -0.39 is 6.03 Å². The summed E-state index contributed by atoms with van der Waals surface area (Å²) in [5, 5.41) is 4.98. The molecule has 0 spiro atoms. The Labute approximate surface area is 147 Å². The second-order valence-electron chi connectivity index (χ2n) is 6.50. The van der Waals surface area contributed by atoms with Crippen molar-refractivity contribution >= 4 is 23.0 Å². The van der Waals surface area contributed by atoms with Gasteiger partial charge in [0.05, 0.1) is 17.1 Å². The normalized spacial score (nSPS) is 19.5. The summed E-state index contributed by atoms with van der Waals surface area (Å²) in [5.74, 6) is 0.972. The second kappa shape index (κ2) is 7.65. The number of imide groups is 1. The summed E-state index contributed by atoms with van der Waals surface area (Å²) in [7, 11) is 0. The molecule has 0 bridgehead atoms. The van der Waals surface area contributed by atoms with Crippen molar-refractivity contribution in [2.24, 2.45) is 0 Å². The fraction of sp³-hybridized carbons (Fsp3) is 0.500. The summed E-state index contributed by atoms with van der Waals surface area (Å²) in [6.07, 6.45) is 2.04. The lowest BCUT2D eigenvalue weighted by molar-refractivity contribution is -0.125. The number of hydrogen-bond donors (Lipinski definition) is 3. The molecule has 0 saturated carbocycles. The number of fused-ring (bicyclic) bond motifs is 1. The summed E-state index contributed by atoms with van der Waals surface area (Å²) < 4.78 is 0. The highest BCUT2D eigenvalue weighted by Crippen LogP contribution is 2.27. The number of nitrogens with one attached hydrogen (secondary N) is 3. The molecule has 7 heteroatoms. The molecule has 3 amide bonds. The maximum atomic E-state index is 12.3. The first kappa shape index (κ1) is 17.4. The SMILES string of the molecule is CCNC(=O)NC(=O)[C@H](C)N1CCC[C@H](c2nc3ccccc3[nH]2)C1. The molecule has 1 saturated heterocycles. The largest absolute Gasteiger partial charge is 0.342 e. The van der Waals surface area contributed by atoms with Crippen LogP contribution in [0, 0.1) is 0 Å². The average Bonchev–Trinajstić information content (AvgIpc) is 3.05. The van der Waals surface area contributed by atoms with Crippen molar-refractivity contribution in [3.05, 3.63) is 30.1 Å². The third kappa shape index (κ3) is 3.99. The van der Waals surface area contributed by atoms with Gasteiger partial charge in [0.2, 0.25) is 5.91 Å². The van der Waals surface area contributed by atoms with Gasteiger partial charge in [-0.25, -0.2) is 9.78 Å². The van der Waals surface area contributed by atoms with E-state index in [4.69, 9.17) is 4.98 Å². The zero-order valence-electron chi connectivity index (χ0n) is 14.7. The number of piperidine rings is 1. The number of aromatic nitrogens is 2. The number of H-pyrrole nitrogens is 1. The smallest absolute Gasteiger partial charge is 0.321 e. The monoisotopic (exact) mass is 343 g/mol. The summed E-state index contributed by atoms with van der Waals surface area (Å²) in [4.78, 5) is 34.0. The van der Waals surface area contributed by atoms with Gasteiger partial charge in [0.15, 0.2) is 0 Å². The van der Waals surface area contributed by atoms with Crippen LogP contribution in [0.4, 0.5) is 4.79 Å². The van der Waals surface area contributed by atoms with Crippen molar-refractivity contribution < 1.29 is 9.59 Å². The van der Waals surface area contributed by atoms with Crippen molar-refractivity contribution in [1.82, 2.24) is 25.5 Å². The van der Waals surface area contributed by atoms with Crippen molar-refractivity contribution in [3.63, 3.8) is 0 Å². The van der Waals surface area contributed by atoms with Crippen LogP contribution < -0.4 is 10.6 Å². The van der Waals surface area contributed by atoms with Crippen molar-refractivity contribution in [1.29, 1.82) is 0 Å². The first-order valence-corrected chi connectivity index (χ1v) is 8.86. The highest BCUT2D eigenvalue weighted by atomic mass is 16.2. The standard InChI is InChI=1S/C18H25N5O2/c1-3-19-18(25)22-17(24)12(2)23-10-6-7-13(11-23)16-20-14-8-4-5-9-15(14)21-16/h4-5,8-9,12-13H,3,6-7,10-11H2,1-2H3,(H,20,21)(H2,19,22,24,25)/t12-,13-/m0/s1. The zero-order chi connectivity index (χ0) is 17.8. The van der Waals surface area contributed by atoms with E-state index in [0.717, 1.165) is 42.8 Å². The van der Waals surface area contributed by atoms with Crippen LogP contribution in [0.1, 0.15) is 38.4 Å². The Kier molecular flexibility index (Phi) is 5.33. The number of nitrogens with zero attached hydrogens (tertiary/aromatic N) is 2. The molecular weight excluding hydrogens is 318 g/mol. The molecule has 1 aromatic heterocycles. The molecule has 0 unspecified atom stereocenters. The molecule has 3 N–H and O–H groups in total. The van der Waals surface area contributed by atoms with Crippen LogP contribution in [-0.2, 0) is 4.79 Å². The molecule has 7 nitrogen and oxygen atoms in total. The van der Waals surface area contributed by atoms with E-state index in [1.54, 1.807) is 0 Å². The predicted molar refractivity (Wildman–Crippen MR) is 96.3 cm³/mol. The Bertz CT molecular complexity index is 724. The number of amides is 3. The minimum atomic E-state index is -0.440. The summed E-state index contributed by atoms with van der Waals surface area (Å²) >= 11 is 0. The summed E-state index contributed by atoms with van der Waals surface area (Å²) in [5.41, 5.74) is 2.01. The third-order valence-corrected chi connectivity index (χ3v) is 4.75. The van der Waals surface area contributed by atoms with Gasteiger partial charge in [0, 0.05) is 19.0 Å². The number of carbonyl (C=O) groups excluding carboxylic acids is 2.